The molecular weight excluding hydrogens is 112 g/mol. The first-order valence-electron chi connectivity index (χ1n) is 3.71. The Hall–Kier alpha value is -0.0800. The quantitative estimate of drug-likeness (QED) is 0.565. The number of rotatable bonds is 1. The topological polar surface area (TPSA) is 29.3 Å². The van der Waals surface area contributed by atoms with Gasteiger partial charge in [-0.25, -0.2) is 0 Å². The van der Waals surface area contributed by atoms with E-state index in [0.29, 0.717) is 0 Å². The minimum absolute atomic E-state index is 0.00521. The van der Waals surface area contributed by atoms with E-state index < -0.39 is 0 Å². The maximum atomic E-state index is 5.96. The molecule has 0 aliphatic carbocycles. The van der Waals surface area contributed by atoms with Crippen LogP contribution in [0.1, 0.15) is 26.7 Å². The minimum Gasteiger partial charge on any atom is -0.313 e. The SMILES string of the molecule is CCN1CCCC1(C)N. The van der Waals surface area contributed by atoms with E-state index in [1.165, 1.54) is 13.0 Å². The van der Waals surface area contributed by atoms with Crippen molar-refractivity contribution in [3.8, 4) is 0 Å². The van der Waals surface area contributed by atoms with Crippen molar-refractivity contribution in [2.45, 2.75) is 32.4 Å². The van der Waals surface area contributed by atoms with E-state index in [1.54, 1.807) is 0 Å². The van der Waals surface area contributed by atoms with Gasteiger partial charge in [0.2, 0.25) is 0 Å². The highest BCUT2D eigenvalue weighted by Gasteiger charge is 2.30. The predicted molar refractivity (Wildman–Crippen MR) is 39.1 cm³/mol. The van der Waals surface area contributed by atoms with Crippen LogP contribution in [0.4, 0.5) is 0 Å². The van der Waals surface area contributed by atoms with Crippen molar-refractivity contribution in [2.24, 2.45) is 5.73 Å². The average Bonchev–Trinajstić information content (AvgIpc) is 2.08. The van der Waals surface area contributed by atoms with E-state index in [9.17, 15) is 0 Å². The molecule has 1 saturated heterocycles. The molecule has 2 nitrogen and oxygen atoms in total. The third-order valence-electron chi connectivity index (χ3n) is 2.22. The van der Waals surface area contributed by atoms with Crippen LogP contribution in [0.5, 0.6) is 0 Å². The van der Waals surface area contributed by atoms with Gasteiger partial charge in [-0.05, 0) is 32.9 Å². The molecule has 1 heterocycles. The van der Waals surface area contributed by atoms with Crippen molar-refractivity contribution in [1.82, 2.24) is 4.90 Å². The maximum Gasteiger partial charge on any atom is 0.0658 e. The molecule has 54 valence electrons. The lowest BCUT2D eigenvalue weighted by Crippen LogP contribution is -2.48. The summed E-state index contributed by atoms with van der Waals surface area (Å²) < 4.78 is 0. The fourth-order valence-electron chi connectivity index (χ4n) is 1.56. The zero-order chi connectivity index (χ0) is 6.91. The minimum atomic E-state index is -0.00521. The van der Waals surface area contributed by atoms with E-state index >= 15 is 0 Å². The van der Waals surface area contributed by atoms with Crippen LogP contribution in [0.25, 0.3) is 0 Å². The highest BCUT2D eigenvalue weighted by atomic mass is 15.3. The summed E-state index contributed by atoms with van der Waals surface area (Å²) in [6.07, 6.45) is 2.42. The third-order valence-corrected chi connectivity index (χ3v) is 2.22. The molecule has 0 amide bonds. The summed E-state index contributed by atoms with van der Waals surface area (Å²) in [4.78, 5) is 2.33. The molecule has 9 heavy (non-hydrogen) atoms. The van der Waals surface area contributed by atoms with Gasteiger partial charge in [0.25, 0.3) is 0 Å². The fourth-order valence-corrected chi connectivity index (χ4v) is 1.56. The normalized spacial score (nSPS) is 37.7. The molecule has 0 spiro atoms. The Morgan fingerprint density at radius 3 is 2.56 bits per heavy atom. The van der Waals surface area contributed by atoms with E-state index in [0.717, 1.165) is 13.0 Å². The monoisotopic (exact) mass is 128 g/mol. The fraction of sp³-hybridized carbons (Fsp3) is 1.00. The molecule has 0 aromatic rings. The van der Waals surface area contributed by atoms with Gasteiger partial charge in [0.05, 0.1) is 5.66 Å². The van der Waals surface area contributed by atoms with Gasteiger partial charge in [0.15, 0.2) is 0 Å². The van der Waals surface area contributed by atoms with E-state index in [2.05, 4.69) is 18.7 Å². The van der Waals surface area contributed by atoms with E-state index in [-0.39, 0.29) is 5.66 Å². The molecule has 2 heteroatoms. The molecule has 1 unspecified atom stereocenters. The first kappa shape index (κ1) is 7.03. The Bertz CT molecular complexity index is 99.1. The Morgan fingerprint density at radius 1 is 1.67 bits per heavy atom. The molecule has 0 radical (unpaired) electrons. The molecule has 0 bridgehead atoms. The summed E-state index contributed by atoms with van der Waals surface area (Å²) >= 11 is 0. The van der Waals surface area contributed by atoms with Gasteiger partial charge in [-0.3, -0.25) is 4.90 Å². The molecule has 1 fully saturated rings. The van der Waals surface area contributed by atoms with Crippen molar-refractivity contribution in [3.05, 3.63) is 0 Å². The summed E-state index contributed by atoms with van der Waals surface area (Å²) in [6.45, 7) is 6.55. The second kappa shape index (κ2) is 2.27. The largest absolute Gasteiger partial charge is 0.313 e. The number of hydrogen-bond donors (Lipinski definition) is 1. The number of nitrogens with zero attached hydrogens (tertiary/aromatic N) is 1. The Morgan fingerprint density at radius 2 is 2.33 bits per heavy atom. The standard InChI is InChI=1S/C7H16N2/c1-3-9-6-4-5-7(9,2)8/h3-6,8H2,1-2H3. The number of hydrogen-bond acceptors (Lipinski definition) is 2. The number of nitrogens with two attached hydrogens (primary N) is 1. The zero-order valence-electron chi connectivity index (χ0n) is 6.35. The summed E-state index contributed by atoms with van der Waals surface area (Å²) in [5, 5.41) is 0. The molecule has 0 aromatic heterocycles. The van der Waals surface area contributed by atoms with Crippen LogP contribution in [0.3, 0.4) is 0 Å². The predicted octanol–water partition coefficient (Wildman–Crippen LogP) is 0.777. The molecule has 1 aliphatic heterocycles. The van der Waals surface area contributed by atoms with Crippen molar-refractivity contribution in [1.29, 1.82) is 0 Å². The van der Waals surface area contributed by atoms with Gasteiger partial charge >= 0.3 is 0 Å². The molecular formula is C7H16N2. The van der Waals surface area contributed by atoms with Gasteiger partial charge in [0, 0.05) is 0 Å². The zero-order valence-corrected chi connectivity index (χ0v) is 6.35. The van der Waals surface area contributed by atoms with Crippen LogP contribution in [0.2, 0.25) is 0 Å². The lowest BCUT2D eigenvalue weighted by Gasteiger charge is -2.29. The first-order chi connectivity index (χ1) is 4.17. The summed E-state index contributed by atoms with van der Waals surface area (Å²) in [7, 11) is 0. The molecule has 1 aliphatic rings. The molecule has 0 saturated carbocycles. The van der Waals surface area contributed by atoms with Gasteiger partial charge in [-0.2, -0.15) is 0 Å². The van der Waals surface area contributed by atoms with Crippen LogP contribution >= 0.6 is 0 Å². The Kier molecular flexibility index (Phi) is 1.78. The van der Waals surface area contributed by atoms with Gasteiger partial charge in [-0.1, -0.05) is 6.92 Å². The average molecular weight is 128 g/mol. The van der Waals surface area contributed by atoms with Gasteiger partial charge in [0.1, 0.15) is 0 Å². The number of likely N-dealkylation sites (tertiary alicyclic amines) is 1. The molecule has 1 rings (SSSR count). The summed E-state index contributed by atoms with van der Waals surface area (Å²) in [6, 6.07) is 0. The first-order valence-corrected chi connectivity index (χ1v) is 3.71. The summed E-state index contributed by atoms with van der Waals surface area (Å²) in [5.74, 6) is 0. The van der Waals surface area contributed by atoms with Crippen molar-refractivity contribution in [2.75, 3.05) is 13.1 Å². The Labute approximate surface area is 57.0 Å². The smallest absolute Gasteiger partial charge is 0.0658 e. The van der Waals surface area contributed by atoms with Crippen LogP contribution in [0, 0.1) is 0 Å². The second-order valence-corrected chi connectivity index (χ2v) is 3.04. The molecule has 1 atom stereocenters. The van der Waals surface area contributed by atoms with Crippen molar-refractivity contribution < 1.29 is 0 Å². The maximum absolute atomic E-state index is 5.96. The van der Waals surface area contributed by atoms with E-state index in [4.69, 9.17) is 5.73 Å². The highest BCUT2D eigenvalue weighted by Crippen LogP contribution is 2.22. The van der Waals surface area contributed by atoms with Crippen LogP contribution < -0.4 is 5.73 Å². The van der Waals surface area contributed by atoms with Gasteiger partial charge < -0.3 is 5.73 Å². The van der Waals surface area contributed by atoms with Crippen LogP contribution in [-0.4, -0.2) is 23.7 Å². The van der Waals surface area contributed by atoms with Crippen molar-refractivity contribution in [3.63, 3.8) is 0 Å². The molecule has 2 N–H and O–H groups in total. The summed E-state index contributed by atoms with van der Waals surface area (Å²) in [5.41, 5.74) is 5.95. The third kappa shape index (κ3) is 1.25. The van der Waals surface area contributed by atoms with Crippen molar-refractivity contribution >= 4 is 0 Å². The lowest BCUT2D eigenvalue weighted by atomic mass is 10.1. The molecule has 0 aromatic carbocycles. The van der Waals surface area contributed by atoms with Gasteiger partial charge in [-0.15, -0.1) is 0 Å². The highest BCUT2D eigenvalue weighted by molar-refractivity contribution is 4.85. The second-order valence-electron chi connectivity index (χ2n) is 3.04. The Balaban J connectivity index is 2.52. The lowest BCUT2D eigenvalue weighted by molar-refractivity contribution is 0.172. The van der Waals surface area contributed by atoms with E-state index in [1.807, 2.05) is 0 Å². The van der Waals surface area contributed by atoms with Crippen LogP contribution in [0.15, 0.2) is 0 Å². The van der Waals surface area contributed by atoms with Crippen LogP contribution in [-0.2, 0) is 0 Å².